The molecule has 0 spiro atoms. The number of rotatable bonds is 5. The molecule has 0 aliphatic heterocycles. The van der Waals surface area contributed by atoms with Gasteiger partial charge >= 0.3 is 0 Å². The number of para-hydroxylation sites is 1. The van der Waals surface area contributed by atoms with Gasteiger partial charge in [-0.1, -0.05) is 24.3 Å². The molecule has 4 aromatic rings. The fourth-order valence-electron chi connectivity index (χ4n) is 3.45. The van der Waals surface area contributed by atoms with Crippen LogP contribution in [-0.4, -0.2) is 27.9 Å². The number of nitrogens with zero attached hydrogens (tertiary/aromatic N) is 2. The monoisotopic (exact) mass is 398 g/mol. The van der Waals surface area contributed by atoms with Crippen LogP contribution in [0.4, 0.5) is 5.69 Å². The Kier molecular flexibility index (Phi) is 5.30. The Morgan fingerprint density at radius 1 is 0.900 bits per heavy atom. The molecule has 0 saturated carbocycles. The van der Waals surface area contributed by atoms with E-state index in [0.717, 1.165) is 22.5 Å². The van der Waals surface area contributed by atoms with E-state index in [4.69, 9.17) is 0 Å². The topological polar surface area (TPSA) is 76.0 Å². The van der Waals surface area contributed by atoms with E-state index in [1.165, 1.54) is 0 Å². The molecule has 0 saturated heterocycles. The number of hydrogen-bond donors (Lipinski definition) is 2. The lowest BCUT2D eigenvalue weighted by Gasteiger charge is -2.09. The lowest BCUT2D eigenvalue weighted by Crippen LogP contribution is -2.22. The van der Waals surface area contributed by atoms with Crippen LogP contribution in [-0.2, 0) is 0 Å². The molecule has 0 fully saturated rings. The van der Waals surface area contributed by atoms with E-state index >= 15 is 0 Å². The Morgan fingerprint density at radius 2 is 1.67 bits per heavy atom. The van der Waals surface area contributed by atoms with Gasteiger partial charge in [-0.05, 0) is 62.4 Å². The molecule has 0 unspecified atom stereocenters. The first-order valence-electron chi connectivity index (χ1n) is 9.81. The van der Waals surface area contributed by atoms with Gasteiger partial charge in [-0.25, -0.2) is 4.98 Å². The third-order valence-electron chi connectivity index (χ3n) is 4.82. The summed E-state index contributed by atoms with van der Waals surface area (Å²) in [4.78, 5) is 29.4. The van der Waals surface area contributed by atoms with Crippen LogP contribution >= 0.6 is 0 Å². The average molecular weight is 398 g/mol. The van der Waals surface area contributed by atoms with E-state index in [9.17, 15) is 9.59 Å². The lowest BCUT2D eigenvalue weighted by molar-refractivity contribution is 0.0954. The highest BCUT2D eigenvalue weighted by Crippen LogP contribution is 2.23. The minimum Gasteiger partial charge on any atom is -0.352 e. The van der Waals surface area contributed by atoms with Crippen molar-refractivity contribution in [2.75, 3.05) is 11.9 Å². The zero-order chi connectivity index (χ0) is 21.1. The number of aromatic nitrogens is 2. The first kappa shape index (κ1) is 19.4. The third-order valence-corrected chi connectivity index (χ3v) is 4.82. The van der Waals surface area contributed by atoms with Crippen molar-refractivity contribution in [3.63, 3.8) is 0 Å². The van der Waals surface area contributed by atoms with Crippen LogP contribution in [0.15, 0.2) is 72.8 Å². The predicted octanol–water partition coefficient (Wildman–Crippen LogP) is 4.34. The summed E-state index contributed by atoms with van der Waals surface area (Å²) in [6, 6.07) is 22.3. The molecule has 1 heterocycles. The highest BCUT2D eigenvalue weighted by molar-refractivity contribution is 6.06. The van der Waals surface area contributed by atoms with Gasteiger partial charge in [0, 0.05) is 29.0 Å². The maximum Gasteiger partial charge on any atom is 0.255 e. The Hall–Kier alpha value is -3.93. The van der Waals surface area contributed by atoms with E-state index in [1.54, 1.807) is 36.4 Å². The van der Waals surface area contributed by atoms with Crippen LogP contribution < -0.4 is 10.6 Å². The molecule has 6 heteroatoms. The fraction of sp³-hybridized carbons (Fsp3) is 0.125. The number of fused-ring (bicyclic) bond motifs is 1. The minimum absolute atomic E-state index is 0.169. The van der Waals surface area contributed by atoms with Crippen molar-refractivity contribution in [3.8, 4) is 5.69 Å². The van der Waals surface area contributed by atoms with E-state index in [2.05, 4.69) is 20.2 Å². The smallest absolute Gasteiger partial charge is 0.255 e. The quantitative estimate of drug-likeness (QED) is 0.525. The molecular weight excluding hydrogens is 376 g/mol. The summed E-state index contributed by atoms with van der Waals surface area (Å²) < 4.78 is 2.06. The van der Waals surface area contributed by atoms with Gasteiger partial charge in [-0.3, -0.25) is 14.2 Å². The number of benzene rings is 3. The number of anilines is 1. The van der Waals surface area contributed by atoms with Crippen LogP contribution in [0, 0.1) is 6.92 Å². The number of carbonyl (C=O) groups excluding carboxylic acids is 2. The molecule has 0 aliphatic carbocycles. The van der Waals surface area contributed by atoms with E-state index < -0.39 is 0 Å². The molecule has 30 heavy (non-hydrogen) atoms. The van der Waals surface area contributed by atoms with Crippen molar-refractivity contribution >= 4 is 28.5 Å². The van der Waals surface area contributed by atoms with E-state index in [0.29, 0.717) is 23.4 Å². The molecule has 0 radical (unpaired) electrons. The van der Waals surface area contributed by atoms with Crippen molar-refractivity contribution in [2.45, 2.75) is 13.8 Å². The van der Waals surface area contributed by atoms with Gasteiger partial charge in [0.05, 0.1) is 11.0 Å². The van der Waals surface area contributed by atoms with Gasteiger partial charge in [0.2, 0.25) is 0 Å². The number of carbonyl (C=O) groups is 2. The number of nitrogens with one attached hydrogen (secondary N) is 2. The summed E-state index contributed by atoms with van der Waals surface area (Å²) in [6.07, 6.45) is 0. The SMILES string of the molecule is CCNC(=O)c1cccc(NC(=O)c2ccc3c(c2)nc(C)n3-c2ccccc2)c1. The maximum absolute atomic E-state index is 12.8. The highest BCUT2D eigenvalue weighted by Gasteiger charge is 2.13. The molecule has 2 amide bonds. The molecule has 4 rings (SSSR count). The molecule has 3 aromatic carbocycles. The van der Waals surface area contributed by atoms with Crippen molar-refractivity contribution in [2.24, 2.45) is 0 Å². The predicted molar refractivity (Wildman–Crippen MR) is 118 cm³/mol. The summed E-state index contributed by atoms with van der Waals surface area (Å²) in [7, 11) is 0. The third kappa shape index (κ3) is 3.80. The second kappa shape index (κ2) is 8.21. The highest BCUT2D eigenvalue weighted by atomic mass is 16.2. The van der Waals surface area contributed by atoms with Gasteiger partial charge in [0.15, 0.2) is 0 Å². The molecular formula is C24H22N4O2. The second-order valence-corrected chi connectivity index (χ2v) is 6.93. The van der Waals surface area contributed by atoms with Crippen molar-refractivity contribution in [1.29, 1.82) is 0 Å². The molecule has 6 nitrogen and oxygen atoms in total. The second-order valence-electron chi connectivity index (χ2n) is 6.93. The van der Waals surface area contributed by atoms with Gasteiger partial charge in [0.1, 0.15) is 5.82 Å². The summed E-state index contributed by atoms with van der Waals surface area (Å²) >= 11 is 0. The largest absolute Gasteiger partial charge is 0.352 e. The van der Waals surface area contributed by atoms with Gasteiger partial charge < -0.3 is 10.6 Å². The summed E-state index contributed by atoms with van der Waals surface area (Å²) in [5.74, 6) is 0.428. The minimum atomic E-state index is -0.253. The fourth-order valence-corrected chi connectivity index (χ4v) is 3.45. The van der Waals surface area contributed by atoms with Crippen molar-refractivity contribution < 1.29 is 9.59 Å². The molecule has 0 bridgehead atoms. The zero-order valence-electron chi connectivity index (χ0n) is 16.8. The Bertz CT molecular complexity index is 1230. The standard InChI is InChI=1S/C24H22N4O2/c1-3-25-23(29)17-8-7-9-19(14-17)27-24(30)18-12-13-22-21(15-18)26-16(2)28(22)20-10-5-4-6-11-20/h4-15H,3H2,1-2H3,(H,25,29)(H,27,30). The van der Waals surface area contributed by atoms with Crippen LogP contribution in [0.25, 0.3) is 16.7 Å². The number of imidazole rings is 1. The van der Waals surface area contributed by atoms with Crippen LogP contribution in [0.2, 0.25) is 0 Å². The average Bonchev–Trinajstić information content (AvgIpc) is 3.09. The van der Waals surface area contributed by atoms with Crippen LogP contribution in [0.1, 0.15) is 33.5 Å². The summed E-state index contributed by atoms with van der Waals surface area (Å²) in [5.41, 5.74) is 4.28. The van der Waals surface area contributed by atoms with Crippen molar-refractivity contribution in [1.82, 2.24) is 14.9 Å². The molecule has 0 atom stereocenters. The van der Waals surface area contributed by atoms with Gasteiger partial charge in [0.25, 0.3) is 11.8 Å². The zero-order valence-corrected chi connectivity index (χ0v) is 16.8. The maximum atomic E-state index is 12.8. The van der Waals surface area contributed by atoms with Crippen LogP contribution in [0.3, 0.4) is 0 Å². The first-order valence-corrected chi connectivity index (χ1v) is 9.81. The normalized spacial score (nSPS) is 10.7. The van der Waals surface area contributed by atoms with Gasteiger partial charge in [-0.2, -0.15) is 0 Å². The number of amides is 2. The Morgan fingerprint density at radius 3 is 2.43 bits per heavy atom. The Labute approximate surface area is 174 Å². The van der Waals surface area contributed by atoms with Gasteiger partial charge in [-0.15, -0.1) is 0 Å². The molecule has 0 aliphatic rings. The summed E-state index contributed by atoms with van der Waals surface area (Å²) in [6.45, 7) is 4.35. The molecule has 150 valence electrons. The van der Waals surface area contributed by atoms with Crippen molar-refractivity contribution in [3.05, 3.63) is 89.7 Å². The molecule has 2 N–H and O–H groups in total. The summed E-state index contributed by atoms with van der Waals surface area (Å²) in [5, 5.41) is 5.61. The van der Waals surface area contributed by atoms with E-state index in [1.807, 2.05) is 50.2 Å². The number of hydrogen-bond acceptors (Lipinski definition) is 3. The van der Waals surface area contributed by atoms with Crippen LogP contribution in [0.5, 0.6) is 0 Å². The first-order chi connectivity index (χ1) is 14.6. The Balaban J connectivity index is 1.61. The molecule has 1 aromatic heterocycles. The van der Waals surface area contributed by atoms with E-state index in [-0.39, 0.29) is 11.8 Å². The lowest BCUT2D eigenvalue weighted by atomic mass is 10.1. The number of aryl methyl sites for hydroxylation is 1.